The van der Waals surface area contributed by atoms with Gasteiger partial charge in [0.25, 0.3) is 0 Å². The summed E-state index contributed by atoms with van der Waals surface area (Å²) in [6.07, 6.45) is 13.0. The maximum atomic E-state index is 5.74. The number of benzene rings is 4. The smallest absolute Gasteiger partial charge is 0.119 e. The van der Waals surface area contributed by atoms with Gasteiger partial charge in [0.05, 0.1) is 13.2 Å². The largest absolute Gasteiger partial charge is 0.494 e. The van der Waals surface area contributed by atoms with E-state index in [0.29, 0.717) is 0 Å². The Balaban J connectivity index is 1.26. The van der Waals surface area contributed by atoms with Crippen LogP contribution >= 0.6 is 0 Å². The molecule has 0 unspecified atom stereocenters. The molecule has 200 valence electrons. The normalized spacial score (nSPS) is 11.2. The van der Waals surface area contributed by atoms with E-state index in [1.807, 2.05) is 24.3 Å². The molecule has 0 heterocycles. The molecule has 0 amide bonds. The van der Waals surface area contributed by atoms with Crippen molar-refractivity contribution in [2.24, 2.45) is 0 Å². The summed E-state index contributed by atoms with van der Waals surface area (Å²) in [6, 6.07) is 33.4. The number of nitrogens with one attached hydrogen (secondary N) is 1. The van der Waals surface area contributed by atoms with Gasteiger partial charge in [-0.25, -0.2) is 0 Å². The van der Waals surface area contributed by atoms with Gasteiger partial charge in [-0.05, 0) is 83.6 Å². The molecule has 0 saturated heterocycles. The molecule has 4 rings (SSSR count). The van der Waals surface area contributed by atoms with E-state index in [2.05, 4.69) is 116 Å². The van der Waals surface area contributed by atoms with E-state index in [9.17, 15) is 0 Å². The van der Waals surface area contributed by atoms with Crippen molar-refractivity contribution in [1.82, 2.24) is 0 Å². The van der Waals surface area contributed by atoms with Crippen molar-refractivity contribution in [2.75, 3.05) is 18.5 Å². The topological polar surface area (TPSA) is 30.5 Å². The van der Waals surface area contributed by atoms with Gasteiger partial charge in [0.15, 0.2) is 0 Å². The average Bonchev–Trinajstić information content (AvgIpc) is 2.98. The van der Waals surface area contributed by atoms with Gasteiger partial charge in [-0.3, -0.25) is 0 Å². The van der Waals surface area contributed by atoms with Gasteiger partial charge in [-0.15, -0.1) is 0 Å². The lowest BCUT2D eigenvalue weighted by atomic mass is 10.1. The van der Waals surface area contributed by atoms with Crippen molar-refractivity contribution in [2.45, 2.75) is 39.5 Å². The van der Waals surface area contributed by atoms with Crippen LogP contribution in [0.1, 0.15) is 61.8 Å². The molecule has 1 N–H and O–H groups in total. The minimum absolute atomic E-state index is 0.776. The Bertz CT molecular complexity index is 1200. The van der Waals surface area contributed by atoms with Crippen LogP contribution in [0.25, 0.3) is 24.3 Å². The number of rotatable bonds is 14. The Labute approximate surface area is 233 Å². The van der Waals surface area contributed by atoms with Crippen LogP contribution in [0.3, 0.4) is 0 Å². The highest BCUT2D eigenvalue weighted by atomic mass is 16.5. The summed E-state index contributed by atoms with van der Waals surface area (Å²) in [4.78, 5) is 0. The highest BCUT2D eigenvalue weighted by Crippen LogP contribution is 2.21. The Hall–Kier alpha value is -4.24. The molecule has 0 aliphatic rings. The standard InChI is InChI=1S/C36H39NO2/c1-3-5-27-38-35-23-15-31(16-24-35)9-7-29-11-19-33(20-12-29)37-34-21-13-30(14-22-34)8-10-32-17-25-36(26-18-32)39-28-6-4-2/h7-26,37H,3-6,27-28H2,1-2H3/b9-7+,10-8+. The molecule has 0 saturated carbocycles. The molecule has 0 bridgehead atoms. The van der Waals surface area contributed by atoms with Crippen LogP contribution in [-0.4, -0.2) is 13.2 Å². The molecule has 0 aliphatic heterocycles. The minimum Gasteiger partial charge on any atom is -0.494 e. The van der Waals surface area contributed by atoms with E-state index < -0.39 is 0 Å². The summed E-state index contributed by atoms with van der Waals surface area (Å²) < 4.78 is 11.5. The zero-order chi connectivity index (χ0) is 27.1. The molecule has 0 radical (unpaired) electrons. The molecule has 4 aromatic rings. The lowest BCUT2D eigenvalue weighted by Gasteiger charge is -2.07. The number of hydrogen-bond donors (Lipinski definition) is 1. The molecule has 0 atom stereocenters. The van der Waals surface area contributed by atoms with Crippen LogP contribution in [0.4, 0.5) is 11.4 Å². The molecule has 4 aromatic carbocycles. The van der Waals surface area contributed by atoms with Crippen LogP contribution < -0.4 is 14.8 Å². The molecule has 0 fully saturated rings. The van der Waals surface area contributed by atoms with Gasteiger partial charge in [-0.2, -0.15) is 0 Å². The summed E-state index contributed by atoms with van der Waals surface area (Å²) in [6.45, 7) is 5.89. The van der Waals surface area contributed by atoms with Gasteiger partial charge >= 0.3 is 0 Å². The maximum Gasteiger partial charge on any atom is 0.119 e. The molecular weight excluding hydrogens is 478 g/mol. The number of unbranched alkanes of at least 4 members (excludes halogenated alkanes) is 2. The minimum atomic E-state index is 0.776. The SMILES string of the molecule is CCCCOc1ccc(/C=C/c2ccc(Nc3ccc(/C=C/c4ccc(OCCCC)cc4)cc3)cc2)cc1. The van der Waals surface area contributed by atoms with Gasteiger partial charge < -0.3 is 14.8 Å². The molecule has 0 aliphatic carbocycles. The summed E-state index contributed by atoms with van der Waals surface area (Å²) in [7, 11) is 0. The Morgan fingerprint density at radius 1 is 0.462 bits per heavy atom. The Kier molecular flexibility index (Phi) is 10.9. The van der Waals surface area contributed by atoms with Crippen molar-refractivity contribution in [3.05, 3.63) is 119 Å². The third kappa shape index (κ3) is 9.54. The first-order chi connectivity index (χ1) is 19.2. The number of anilines is 2. The second-order valence-corrected chi connectivity index (χ2v) is 9.58. The van der Waals surface area contributed by atoms with Crippen molar-refractivity contribution in [3.63, 3.8) is 0 Å². The zero-order valence-corrected chi connectivity index (χ0v) is 23.1. The van der Waals surface area contributed by atoms with Crippen LogP contribution in [-0.2, 0) is 0 Å². The Morgan fingerprint density at radius 2 is 0.769 bits per heavy atom. The predicted molar refractivity (Wildman–Crippen MR) is 168 cm³/mol. The van der Waals surface area contributed by atoms with E-state index in [1.165, 1.54) is 0 Å². The number of ether oxygens (including phenoxy) is 2. The zero-order valence-electron chi connectivity index (χ0n) is 23.1. The first-order valence-corrected chi connectivity index (χ1v) is 14.0. The number of hydrogen-bond acceptors (Lipinski definition) is 3. The first-order valence-electron chi connectivity index (χ1n) is 14.0. The van der Waals surface area contributed by atoms with Gasteiger partial charge in [0.2, 0.25) is 0 Å². The Morgan fingerprint density at radius 3 is 1.08 bits per heavy atom. The van der Waals surface area contributed by atoms with Crippen molar-refractivity contribution in [1.29, 1.82) is 0 Å². The third-order valence-corrected chi connectivity index (χ3v) is 6.34. The fourth-order valence-corrected chi connectivity index (χ4v) is 3.93. The average molecular weight is 518 g/mol. The third-order valence-electron chi connectivity index (χ3n) is 6.34. The predicted octanol–water partition coefficient (Wildman–Crippen LogP) is 10.1. The molecule has 0 spiro atoms. The molecule has 3 nitrogen and oxygen atoms in total. The first kappa shape index (κ1) is 27.8. The quantitative estimate of drug-likeness (QED) is 0.133. The van der Waals surface area contributed by atoms with E-state index >= 15 is 0 Å². The van der Waals surface area contributed by atoms with Gasteiger partial charge in [-0.1, -0.05) is 99.5 Å². The van der Waals surface area contributed by atoms with Gasteiger partial charge in [0, 0.05) is 11.4 Å². The van der Waals surface area contributed by atoms with E-state index in [4.69, 9.17) is 9.47 Å². The summed E-state index contributed by atoms with van der Waals surface area (Å²) in [5.74, 6) is 1.86. The fraction of sp³-hybridized carbons (Fsp3) is 0.222. The van der Waals surface area contributed by atoms with E-state index in [-0.39, 0.29) is 0 Å². The highest BCUT2D eigenvalue weighted by molar-refractivity contribution is 5.73. The van der Waals surface area contributed by atoms with Crippen LogP contribution in [0.5, 0.6) is 11.5 Å². The fourth-order valence-electron chi connectivity index (χ4n) is 3.93. The van der Waals surface area contributed by atoms with E-state index in [0.717, 1.165) is 84.0 Å². The summed E-state index contributed by atoms with van der Waals surface area (Å²) in [5, 5.41) is 3.48. The van der Waals surface area contributed by atoms with Crippen molar-refractivity contribution in [3.8, 4) is 11.5 Å². The lowest BCUT2D eigenvalue weighted by Crippen LogP contribution is -1.95. The summed E-state index contributed by atoms with van der Waals surface area (Å²) >= 11 is 0. The highest BCUT2D eigenvalue weighted by Gasteiger charge is 1.98. The monoisotopic (exact) mass is 517 g/mol. The molecule has 0 aromatic heterocycles. The molecule has 3 heteroatoms. The van der Waals surface area contributed by atoms with Crippen molar-refractivity contribution < 1.29 is 9.47 Å². The van der Waals surface area contributed by atoms with E-state index in [1.54, 1.807) is 0 Å². The molecular formula is C36H39NO2. The van der Waals surface area contributed by atoms with Crippen LogP contribution in [0.2, 0.25) is 0 Å². The van der Waals surface area contributed by atoms with Crippen LogP contribution in [0.15, 0.2) is 97.1 Å². The van der Waals surface area contributed by atoms with Crippen molar-refractivity contribution >= 4 is 35.7 Å². The lowest BCUT2D eigenvalue weighted by molar-refractivity contribution is 0.309. The maximum absolute atomic E-state index is 5.74. The molecule has 39 heavy (non-hydrogen) atoms. The summed E-state index contributed by atoms with van der Waals surface area (Å²) in [5.41, 5.74) is 6.75. The second kappa shape index (κ2) is 15.2. The second-order valence-electron chi connectivity index (χ2n) is 9.58. The van der Waals surface area contributed by atoms with Crippen LogP contribution in [0, 0.1) is 0 Å². The van der Waals surface area contributed by atoms with Gasteiger partial charge in [0.1, 0.15) is 11.5 Å².